The molecule has 0 unspecified atom stereocenters. The first-order chi connectivity index (χ1) is 7.75. The molecule has 0 radical (unpaired) electrons. The van der Waals surface area contributed by atoms with Crippen molar-refractivity contribution in [1.29, 1.82) is 0 Å². The normalized spacial score (nSPS) is 11.1. The van der Waals surface area contributed by atoms with Gasteiger partial charge >= 0.3 is 0 Å². The fraction of sp³-hybridized carbons (Fsp3) is 0.0909. The number of aryl methyl sites for hydroxylation is 1. The van der Waals surface area contributed by atoms with Crippen molar-refractivity contribution in [3.8, 4) is 10.4 Å². The Morgan fingerprint density at radius 2 is 1.88 bits per heavy atom. The van der Waals surface area contributed by atoms with E-state index in [1.54, 1.807) is 11.3 Å². The summed E-state index contributed by atoms with van der Waals surface area (Å²) in [6.45, 7) is 2.11. The predicted molar refractivity (Wildman–Crippen MR) is 73.2 cm³/mol. The van der Waals surface area contributed by atoms with E-state index in [4.69, 9.17) is 0 Å². The average molecular weight is 311 g/mol. The van der Waals surface area contributed by atoms with E-state index in [1.165, 1.54) is 27.0 Å². The number of rotatable bonds is 1. The van der Waals surface area contributed by atoms with Gasteiger partial charge in [-0.1, -0.05) is 6.07 Å². The second-order valence-electron chi connectivity index (χ2n) is 3.47. The highest BCUT2D eigenvalue weighted by molar-refractivity contribution is 9.10. The van der Waals surface area contributed by atoms with Crippen molar-refractivity contribution in [2.24, 2.45) is 0 Å². The van der Waals surface area contributed by atoms with Crippen LogP contribution in [0.5, 0.6) is 0 Å². The summed E-state index contributed by atoms with van der Waals surface area (Å²) in [6, 6.07) is 8.41. The molecule has 5 heteroatoms. The van der Waals surface area contributed by atoms with E-state index in [9.17, 15) is 0 Å². The first kappa shape index (κ1) is 10.4. The van der Waals surface area contributed by atoms with Gasteiger partial charge in [0.15, 0.2) is 0 Å². The number of nitrogens with zero attached hydrogens (tertiary/aromatic N) is 2. The standard InChI is InChI=1S/C11H7BrN2S2/c1-6-2-5-9(15-6)7-3-4-8(12)11-10(7)13-16-14-11/h2-5H,1H3. The van der Waals surface area contributed by atoms with Crippen LogP contribution in [0.2, 0.25) is 0 Å². The zero-order valence-corrected chi connectivity index (χ0v) is 11.6. The number of fused-ring (bicyclic) bond motifs is 1. The second-order valence-corrected chi connectivity index (χ2v) is 6.14. The van der Waals surface area contributed by atoms with E-state index in [2.05, 4.69) is 49.8 Å². The molecule has 0 aliphatic heterocycles. The summed E-state index contributed by atoms with van der Waals surface area (Å²) in [4.78, 5) is 2.57. The lowest BCUT2D eigenvalue weighted by atomic mass is 10.1. The van der Waals surface area contributed by atoms with Gasteiger partial charge in [0, 0.05) is 19.8 Å². The zero-order valence-electron chi connectivity index (χ0n) is 8.40. The quantitative estimate of drug-likeness (QED) is 0.661. The third-order valence-corrected chi connectivity index (χ3v) is 4.57. The van der Waals surface area contributed by atoms with Gasteiger partial charge < -0.3 is 0 Å². The maximum atomic E-state index is 4.37. The van der Waals surface area contributed by atoms with Gasteiger partial charge in [-0.15, -0.1) is 11.3 Å². The van der Waals surface area contributed by atoms with Gasteiger partial charge in [-0.3, -0.25) is 0 Å². The maximum absolute atomic E-state index is 4.37. The lowest BCUT2D eigenvalue weighted by Gasteiger charge is -1.99. The molecule has 80 valence electrons. The predicted octanol–water partition coefficient (Wildman–Crippen LogP) is 4.49. The van der Waals surface area contributed by atoms with Gasteiger partial charge in [-0.25, -0.2) is 0 Å². The van der Waals surface area contributed by atoms with Crippen LogP contribution in [-0.4, -0.2) is 8.75 Å². The van der Waals surface area contributed by atoms with Crippen molar-refractivity contribution in [3.63, 3.8) is 0 Å². The third kappa shape index (κ3) is 1.59. The average Bonchev–Trinajstić information content (AvgIpc) is 2.87. The largest absolute Gasteiger partial charge is 0.172 e. The fourth-order valence-corrected chi connectivity index (χ4v) is 3.61. The smallest absolute Gasteiger partial charge is 0.119 e. The van der Waals surface area contributed by atoms with Crippen molar-refractivity contribution in [2.45, 2.75) is 6.92 Å². The Labute approximate surface area is 109 Å². The number of halogens is 1. The number of thiophene rings is 1. The Bertz CT molecular complexity index is 657. The molecular weight excluding hydrogens is 304 g/mol. The van der Waals surface area contributed by atoms with Crippen molar-refractivity contribution < 1.29 is 0 Å². The molecule has 0 spiro atoms. The SMILES string of the molecule is Cc1ccc(-c2ccc(Br)c3nsnc23)s1. The summed E-state index contributed by atoms with van der Waals surface area (Å²) in [5.74, 6) is 0. The van der Waals surface area contributed by atoms with Gasteiger partial charge in [-0.2, -0.15) is 8.75 Å². The molecule has 0 aliphatic carbocycles. The van der Waals surface area contributed by atoms with Crippen LogP contribution in [0.4, 0.5) is 0 Å². The van der Waals surface area contributed by atoms with Gasteiger partial charge in [0.1, 0.15) is 11.0 Å². The summed E-state index contributed by atoms with van der Waals surface area (Å²) < 4.78 is 9.68. The molecule has 3 aromatic rings. The van der Waals surface area contributed by atoms with Crippen LogP contribution in [-0.2, 0) is 0 Å². The van der Waals surface area contributed by atoms with E-state index in [1.807, 2.05) is 6.07 Å². The summed E-state index contributed by atoms with van der Waals surface area (Å²) in [6.07, 6.45) is 0. The van der Waals surface area contributed by atoms with E-state index in [0.717, 1.165) is 15.5 Å². The molecular formula is C11H7BrN2S2. The van der Waals surface area contributed by atoms with Gasteiger partial charge in [0.05, 0.1) is 11.7 Å². The molecule has 16 heavy (non-hydrogen) atoms. The molecule has 0 saturated carbocycles. The molecule has 2 aromatic heterocycles. The Kier molecular flexibility index (Phi) is 2.53. The molecule has 0 N–H and O–H groups in total. The van der Waals surface area contributed by atoms with Crippen molar-refractivity contribution >= 4 is 50.0 Å². The summed E-state index contributed by atoms with van der Waals surface area (Å²) in [5, 5.41) is 0. The molecule has 0 atom stereocenters. The van der Waals surface area contributed by atoms with Gasteiger partial charge in [0.2, 0.25) is 0 Å². The molecule has 0 aliphatic rings. The highest BCUT2D eigenvalue weighted by atomic mass is 79.9. The maximum Gasteiger partial charge on any atom is 0.119 e. The minimum Gasteiger partial charge on any atom is -0.172 e. The third-order valence-electron chi connectivity index (χ3n) is 2.37. The van der Waals surface area contributed by atoms with Crippen molar-refractivity contribution in [3.05, 3.63) is 33.6 Å². The van der Waals surface area contributed by atoms with E-state index in [0.29, 0.717) is 0 Å². The van der Waals surface area contributed by atoms with Crippen LogP contribution in [0, 0.1) is 6.92 Å². The van der Waals surface area contributed by atoms with Crippen LogP contribution in [0.1, 0.15) is 4.88 Å². The Balaban J connectivity index is 2.32. The van der Waals surface area contributed by atoms with Gasteiger partial charge in [0.25, 0.3) is 0 Å². The lowest BCUT2D eigenvalue weighted by molar-refractivity contribution is 1.61. The van der Waals surface area contributed by atoms with Crippen molar-refractivity contribution in [1.82, 2.24) is 8.75 Å². The van der Waals surface area contributed by atoms with Crippen LogP contribution in [0.15, 0.2) is 28.7 Å². The molecule has 0 fully saturated rings. The Hall–Kier alpha value is -0.780. The summed E-state index contributed by atoms with van der Waals surface area (Å²) in [7, 11) is 0. The van der Waals surface area contributed by atoms with Gasteiger partial charge in [-0.05, 0) is 41.1 Å². The van der Waals surface area contributed by atoms with Crippen LogP contribution in [0.25, 0.3) is 21.5 Å². The van der Waals surface area contributed by atoms with E-state index < -0.39 is 0 Å². The lowest BCUT2D eigenvalue weighted by Crippen LogP contribution is -1.78. The summed E-state index contributed by atoms with van der Waals surface area (Å²) >= 11 is 6.54. The first-order valence-corrected chi connectivity index (χ1v) is 7.07. The topological polar surface area (TPSA) is 25.8 Å². The molecule has 2 nitrogen and oxygen atoms in total. The Morgan fingerprint density at radius 1 is 1.06 bits per heavy atom. The van der Waals surface area contributed by atoms with E-state index >= 15 is 0 Å². The number of benzene rings is 1. The monoisotopic (exact) mass is 310 g/mol. The molecule has 1 aromatic carbocycles. The highest BCUT2D eigenvalue weighted by Gasteiger charge is 2.11. The first-order valence-electron chi connectivity index (χ1n) is 4.73. The number of aromatic nitrogens is 2. The molecule has 3 rings (SSSR count). The number of hydrogen-bond acceptors (Lipinski definition) is 4. The molecule has 0 bridgehead atoms. The highest BCUT2D eigenvalue weighted by Crippen LogP contribution is 2.35. The molecule has 0 saturated heterocycles. The molecule has 2 heterocycles. The van der Waals surface area contributed by atoms with E-state index in [-0.39, 0.29) is 0 Å². The molecule has 0 amide bonds. The van der Waals surface area contributed by atoms with Crippen molar-refractivity contribution in [2.75, 3.05) is 0 Å². The Morgan fingerprint density at radius 3 is 2.62 bits per heavy atom. The van der Waals surface area contributed by atoms with Crippen LogP contribution >= 0.6 is 39.0 Å². The zero-order chi connectivity index (χ0) is 11.1. The summed E-state index contributed by atoms with van der Waals surface area (Å²) in [5.41, 5.74) is 3.11. The fourth-order valence-electron chi connectivity index (χ4n) is 1.61. The second kappa shape index (κ2) is 3.91. The number of hydrogen-bond donors (Lipinski definition) is 0. The van der Waals surface area contributed by atoms with Crippen LogP contribution in [0.3, 0.4) is 0 Å². The minimum atomic E-state index is 0.952. The van der Waals surface area contributed by atoms with Crippen LogP contribution < -0.4 is 0 Å². The minimum absolute atomic E-state index is 0.952.